The van der Waals surface area contributed by atoms with Crippen LogP contribution in [0.5, 0.6) is 0 Å². The molecule has 0 aliphatic carbocycles. The zero-order chi connectivity index (χ0) is 10.5. The van der Waals surface area contributed by atoms with Gasteiger partial charge in [-0.05, 0) is 19.3 Å². The van der Waals surface area contributed by atoms with Crippen molar-refractivity contribution in [1.29, 1.82) is 0 Å². The molecular formula is C14H25. The van der Waals surface area contributed by atoms with E-state index in [9.17, 15) is 0 Å². The van der Waals surface area contributed by atoms with Crippen molar-refractivity contribution in [2.45, 2.75) is 71.6 Å². The Hall–Kier alpha value is -0.440. The summed E-state index contributed by atoms with van der Waals surface area (Å²) < 4.78 is 0. The molecule has 0 aromatic rings. The van der Waals surface area contributed by atoms with Crippen LogP contribution < -0.4 is 0 Å². The maximum Gasteiger partial charge on any atom is 0.00886 e. The average Bonchev–Trinajstić information content (AvgIpc) is 2.21. The molecule has 0 aliphatic heterocycles. The molecule has 0 aliphatic rings. The lowest BCUT2D eigenvalue weighted by atomic mass is 10.1. The van der Waals surface area contributed by atoms with Crippen molar-refractivity contribution < 1.29 is 0 Å². The van der Waals surface area contributed by atoms with Crippen molar-refractivity contribution in [1.82, 2.24) is 0 Å². The van der Waals surface area contributed by atoms with Gasteiger partial charge >= 0.3 is 0 Å². The molecule has 0 amide bonds. The quantitative estimate of drug-likeness (QED) is 0.385. The van der Waals surface area contributed by atoms with Gasteiger partial charge < -0.3 is 0 Å². The molecule has 0 nitrogen and oxygen atoms in total. The van der Waals surface area contributed by atoms with Crippen LogP contribution >= 0.6 is 0 Å². The summed E-state index contributed by atoms with van der Waals surface area (Å²) >= 11 is 0. The van der Waals surface area contributed by atoms with Crippen LogP contribution in [0, 0.1) is 18.3 Å². The second-order valence-electron chi connectivity index (χ2n) is 3.82. The molecule has 0 N–H and O–H groups in total. The molecule has 0 heteroatoms. The fraction of sp³-hybridized carbons (Fsp3) is 0.786. The van der Waals surface area contributed by atoms with Crippen LogP contribution in [0.15, 0.2) is 0 Å². The monoisotopic (exact) mass is 193 g/mol. The van der Waals surface area contributed by atoms with E-state index in [0.29, 0.717) is 0 Å². The normalized spacial score (nSPS) is 9.57. The fourth-order valence-electron chi connectivity index (χ4n) is 1.38. The lowest BCUT2D eigenvalue weighted by molar-refractivity contribution is 0.679. The van der Waals surface area contributed by atoms with Crippen molar-refractivity contribution in [3.05, 3.63) is 6.42 Å². The van der Waals surface area contributed by atoms with Crippen molar-refractivity contribution in [3.8, 4) is 11.8 Å². The molecule has 1 radical (unpaired) electrons. The van der Waals surface area contributed by atoms with Crippen LogP contribution in [0.1, 0.15) is 71.6 Å². The summed E-state index contributed by atoms with van der Waals surface area (Å²) in [4.78, 5) is 0. The van der Waals surface area contributed by atoms with Gasteiger partial charge in [-0.3, -0.25) is 0 Å². The molecule has 14 heavy (non-hydrogen) atoms. The third kappa shape index (κ3) is 11.6. The molecule has 0 rings (SSSR count). The molecular weight excluding hydrogens is 168 g/mol. The van der Waals surface area contributed by atoms with E-state index < -0.39 is 0 Å². The summed E-state index contributed by atoms with van der Waals surface area (Å²) in [5.74, 6) is 6.52. The summed E-state index contributed by atoms with van der Waals surface area (Å²) in [6.07, 6.45) is 13.6. The summed E-state index contributed by atoms with van der Waals surface area (Å²) in [5.41, 5.74) is 0. The molecule has 0 bridgehead atoms. The minimum absolute atomic E-state index is 1.10. The number of hydrogen-bond donors (Lipinski definition) is 0. The van der Waals surface area contributed by atoms with E-state index in [4.69, 9.17) is 0 Å². The van der Waals surface area contributed by atoms with Crippen molar-refractivity contribution in [2.75, 3.05) is 0 Å². The highest BCUT2D eigenvalue weighted by Crippen LogP contribution is 2.02. The molecule has 0 atom stereocenters. The fourth-order valence-corrected chi connectivity index (χ4v) is 1.38. The number of unbranched alkanes of at least 4 members (excludes halogenated alkanes) is 8. The first kappa shape index (κ1) is 13.6. The Morgan fingerprint density at radius 3 is 2.07 bits per heavy atom. The largest absolute Gasteiger partial charge is 0.103 e. The van der Waals surface area contributed by atoms with E-state index in [0.717, 1.165) is 12.8 Å². The molecule has 0 spiro atoms. The molecule has 0 fully saturated rings. The number of hydrogen-bond acceptors (Lipinski definition) is 0. The molecule has 0 saturated carbocycles. The minimum atomic E-state index is 1.10. The van der Waals surface area contributed by atoms with Crippen molar-refractivity contribution in [2.24, 2.45) is 0 Å². The highest BCUT2D eigenvalue weighted by molar-refractivity contribution is 4.98. The van der Waals surface area contributed by atoms with E-state index in [2.05, 4.69) is 32.1 Å². The Kier molecular flexibility index (Phi) is 12.2. The van der Waals surface area contributed by atoms with Crippen LogP contribution in [-0.4, -0.2) is 0 Å². The summed E-state index contributed by atoms with van der Waals surface area (Å²) in [7, 11) is 0. The first-order valence-corrected chi connectivity index (χ1v) is 6.15. The average molecular weight is 193 g/mol. The maximum atomic E-state index is 3.26. The van der Waals surface area contributed by atoms with Crippen LogP contribution in [0.4, 0.5) is 0 Å². The summed E-state index contributed by atoms with van der Waals surface area (Å²) in [6.45, 7) is 4.37. The van der Waals surface area contributed by atoms with E-state index in [1.165, 1.54) is 44.9 Å². The van der Waals surface area contributed by atoms with Gasteiger partial charge in [0.15, 0.2) is 0 Å². The van der Waals surface area contributed by atoms with Gasteiger partial charge in [0, 0.05) is 12.8 Å². The Bertz CT molecular complexity index is 131. The zero-order valence-corrected chi connectivity index (χ0v) is 9.94. The Morgan fingerprint density at radius 1 is 0.857 bits per heavy atom. The maximum absolute atomic E-state index is 3.26. The third-order valence-electron chi connectivity index (χ3n) is 2.32. The lowest BCUT2D eigenvalue weighted by Gasteiger charge is -1.93. The van der Waals surface area contributed by atoms with Crippen molar-refractivity contribution in [3.63, 3.8) is 0 Å². The highest BCUT2D eigenvalue weighted by Gasteiger charge is 1.85. The molecule has 0 aromatic carbocycles. The van der Waals surface area contributed by atoms with Gasteiger partial charge in [0.2, 0.25) is 0 Å². The molecule has 0 saturated heterocycles. The minimum Gasteiger partial charge on any atom is -0.103 e. The summed E-state index contributed by atoms with van der Waals surface area (Å²) in [5, 5.41) is 0. The van der Waals surface area contributed by atoms with Crippen LogP contribution in [0.2, 0.25) is 0 Å². The third-order valence-corrected chi connectivity index (χ3v) is 2.32. The van der Waals surface area contributed by atoms with Crippen molar-refractivity contribution >= 4 is 0 Å². The molecule has 81 valence electrons. The van der Waals surface area contributed by atoms with Gasteiger partial charge in [0.05, 0.1) is 0 Å². The van der Waals surface area contributed by atoms with E-state index in [-0.39, 0.29) is 0 Å². The standard InChI is InChI=1S/C14H25/c1-3-5-7-9-11-13-14-12-10-8-6-4-2/h3H,4-12H2,1-2H3. The first-order valence-electron chi connectivity index (χ1n) is 6.15. The Morgan fingerprint density at radius 2 is 1.50 bits per heavy atom. The van der Waals surface area contributed by atoms with Gasteiger partial charge in [-0.1, -0.05) is 46.0 Å². The zero-order valence-electron chi connectivity index (χ0n) is 9.94. The molecule has 0 heterocycles. The topological polar surface area (TPSA) is 0 Å². The Balaban J connectivity index is 3.03. The van der Waals surface area contributed by atoms with E-state index in [1.54, 1.807) is 0 Å². The molecule has 0 unspecified atom stereocenters. The van der Waals surface area contributed by atoms with Gasteiger partial charge in [-0.25, -0.2) is 0 Å². The Labute approximate surface area is 90.5 Å². The van der Waals surface area contributed by atoms with Crippen LogP contribution in [-0.2, 0) is 0 Å². The van der Waals surface area contributed by atoms with Gasteiger partial charge in [0.25, 0.3) is 0 Å². The number of rotatable bonds is 8. The molecule has 0 aromatic heterocycles. The highest BCUT2D eigenvalue weighted by atomic mass is 13.9. The second-order valence-corrected chi connectivity index (χ2v) is 3.82. The van der Waals surface area contributed by atoms with Gasteiger partial charge in [0.1, 0.15) is 0 Å². The smallest absolute Gasteiger partial charge is 0.00886 e. The predicted octanol–water partition coefficient (Wildman–Crippen LogP) is 4.74. The van der Waals surface area contributed by atoms with Gasteiger partial charge in [-0.15, -0.1) is 11.8 Å². The second kappa shape index (κ2) is 12.6. The van der Waals surface area contributed by atoms with Crippen LogP contribution in [0.3, 0.4) is 0 Å². The predicted molar refractivity (Wildman–Crippen MR) is 65.0 cm³/mol. The van der Waals surface area contributed by atoms with Gasteiger partial charge in [-0.2, -0.15) is 0 Å². The van der Waals surface area contributed by atoms with E-state index in [1.807, 2.05) is 0 Å². The summed E-state index contributed by atoms with van der Waals surface area (Å²) in [6, 6.07) is 0. The van der Waals surface area contributed by atoms with E-state index >= 15 is 0 Å². The first-order chi connectivity index (χ1) is 6.91. The van der Waals surface area contributed by atoms with Crippen LogP contribution in [0.25, 0.3) is 0 Å². The SMILES string of the molecule is C[CH]CCCCC#CCCCCCC. The lowest BCUT2D eigenvalue weighted by Crippen LogP contribution is -1.76.